The van der Waals surface area contributed by atoms with Gasteiger partial charge in [0.05, 0.1) is 22.9 Å². The molecule has 0 saturated carbocycles. The van der Waals surface area contributed by atoms with E-state index in [1.54, 1.807) is 43.5 Å². The van der Waals surface area contributed by atoms with Crippen LogP contribution in [0.4, 0.5) is 0 Å². The van der Waals surface area contributed by atoms with Crippen LogP contribution in [0.5, 0.6) is 11.5 Å². The van der Waals surface area contributed by atoms with Crippen LogP contribution in [0.3, 0.4) is 0 Å². The molecule has 0 radical (unpaired) electrons. The molecule has 0 atom stereocenters. The van der Waals surface area contributed by atoms with Gasteiger partial charge in [0.15, 0.2) is 0 Å². The lowest BCUT2D eigenvalue weighted by molar-refractivity contribution is -0.117. The second-order valence-electron chi connectivity index (χ2n) is 4.49. The molecule has 0 aliphatic heterocycles. The predicted octanol–water partition coefficient (Wildman–Crippen LogP) is 3.00. The van der Waals surface area contributed by atoms with Crippen molar-refractivity contribution < 1.29 is 19.1 Å². The number of hydrazine groups is 1. The van der Waals surface area contributed by atoms with Gasteiger partial charge in [0.25, 0.3) is 11.8 Å². The molecule has 24 heavy (non-hydrogen) atoms. The number of halogens is 1. The number of carbonyl (C=O) groups excluding carboxylic acids is 2. The first kappa shape index (κ1) is 18.0. The Morgan fingerprint density at radius 1 is 1.12 bits per heavy atom. The molecule has 1 aromatic heterocycles. The van der Waals surface area contributed by atoms with E-state index in [-0.39, 0.29) is 5.91 Å². The summed E-state index contributed by atoms with van der Waals surface area (Å²) in [4.78, 5) is 24.1. The SMILES string of the molecule is COc1ccc(/C=C/C(=O)NNC(=O)c2ccc(Br)s2)c(OC)c1. The van der Waals surface area contributed by atoms with E-state index in [9.17, 15) is 9.59 Å². The molecule has 0 aliphatic rings. The van der Waals surface area contributed by atoms with Crippen LogP contribution in [0, 0.1) is 0 Å². The molecule has 126 valence electrons. The summed E-state index contributed by atoms with van der Waals surface area (Å²) in [6, 6.07) is 8.67. The van der Waals surface area contributed by atoms with Crippen LogP contribution in [0.2, 0.25) is 0 Å². The average Bonchev–Trinajstić information content (AvgIpc) is 3.04. The number of thiophene rings is 1. The summed E-state index contributed by atoms with van der Waals surface area (Å²) >= 11 is 4.55. The van der Waals surface area contributed by atoms with Crippen LogP contribution < -0.4 is 20.3 Å². The summed E-state index contributed by atoms with van der Waals surface area (Å²) in [5.74, 6) is 0.389. The zero-order valence-corrected chi connectivity index (χ0v) is 15.4. The number of hydrogen-bond donors (Lipinski definition) is 2. The molecule has 2 N–H and O–H groups in total. The molecule has 0 saturated heterocycles. The Morgan fingerprint density at radius 2 is 1.92 bits per heavy atom. The summed E-state index contributed by atoms with van der Waals surface area (Å²) in [6.07, 6.45) is 2.89. The summed E-state index contributed by atoms with van der Waals surface area (Å²) in [5, 5.41) is 0. The maximum absolute atomic E-state index is 11.8. The monoisotopic (exact) mass is 410 g/mol. The lowest BCUT2D eigenvalue weighted by Crippen LogP contribution is -2.40. The molecule has 0 unspecified atom stereocenters. The molecule has 0 aliphatic carbocycles. The fourth-order valence-corrected chi connectivity index (χ4v) is 3.06. The second kappa shape index (κ2) is 8.51. The zero-order chi connectivity index (χ0) is 17.5. The summed E-state index contributed by atoms with van der Waals surface area (Å²) < 4.78 is 11.2. The van der Waals surface area contributed by atoms with Crippen LogP contribution >= 0.6 is 27.3 Å². The number of rotatable bonds is 5. The van der Waals surface area contributed by atoms with Crippen molar-refractivity contribution in [3.8, 4) is 11.5 Å². The van der Waals surface area contributed by atoms with E-state index in [2.05, 4.69) is 26.8 Å². The van der Waals surface area contributed by atoms with Crippen LogP contribution in [-0.4, -0.2) is 26.0 Å². The van der Waals surface area contributed by atoms with Gasteiger partial charge in [-0.05, 0) is 46.3 Å². The molecule has 0 fully saturated rings. The molecule has 1 aromatic carbocycles. The van der Waals surface area contributed by atoms with Crippen LogP contribution in [0.15, 0.2) is 40.2 Å². The molecule has 2 amide bonds. The third-order valence-electron chi connectivity index (χ3n) is 2.95. The number of nitrogens with one attached hydrogen (secondary N) is 2. The van der Waals surface area contributed by atoms with Crippen LogP contribution in [-0.2, 0) is 4.79 Å². The van der Waals surface area contributed by atoms with Crippen molar-refractivity contribution in [1.29, 1.82) is 0 Å². The Labute approximate surface area is 151 Å². The minimum atomic E-state index is -0.461. The van der Waals surface area contributed by atoms with Gasteiger partial charge >= 0.3 is 0 Å². The molecular formula is C16H15BrN2O4S. The first-order valence-electron chi connectivity index (χ1n) is 6.79. The van der Waals surface area contributed by atoms with Crippen LogP contribution in [0.25, 0.3) is 6.08 Å². The Bertz CT molecular complexity index is 773. The van der Waals surface area contributed by atoms with E-state index >= 15 is 0 Å². The molecule has 8 heteroatoms. The zero-order valence-electron chi connectivity index (χ0n) is 13.0. The number of ether oxygens (including phenoxy) is 2. The van der Waals surface area contributed by atoms with E-state index in [1.165, 1.54) is 24.5 Å². The Balaban J connectivity index is 1.94. The van der Waals surface area contributed by atoms with Gasteiger partial charge in [-0.25, -0.2) is 0 Å². The summed E-state index contributed by atoms with van der Waals surface area (Å²) in [5.41, 5.74) is 5.37. The van der Waals surface area contributed by atoms with E-state index in [1.807, 2.05) is 0 Å². The average molecular weight is 411 g/mol. The number of amides is 2. The largest absolute Gasteiger partial charge is 0.497 e. The van der Waals surface area contributed by atoms with Crippen molar-refractivity contribution in [3.05, 3.63) is 50.6 Å². The van der Waals surface area contributed by atoms with Gasteiger partial charge in [-0.2, -0.15) is 0 Å². The quantitative estimate of drug-likeness (QED) is 0.586. The third kappa shape index (κ3) is 4.84. The molecule has 2 rings (SSSR count). The maximum Gasteiger partial charge on any atom is 0.279 e. The Morgan fingerprint density at radius 3 is 2.54 bits per heavy atom. The van der Waals surface area contributed by atoms with Gasteiger partial charge in [0.2, 0.25) is 0 Å². The highest BCUT2D eigenvalue weighted by Crippen LogP contribution is 2.25. The van der Waals surface area contributed by atoms with Crippen molar-refractivity contribution in [2.24, 2.45) is 0 Å². The van der Waals surface area contributed by atoms with Gasteiger partial charge < -0.3 is 9.47 Å². The van der Waals surface area contributed by atoms with Crippen molar-refractivity contribution >= 4 is 45.2 Å². The Hall–Kier alpha value is -2.32. The Kier molecular flexibility index (Phi) is 6.39. The second-order valence-corrected chi connectivity index (χ2v) is 6.95. The molecular weight excluding hydrogens is 396 g/mol. The first-order valence-corrected chi connectivity index (χ1v) is 8.40. The number of carbonyl (C=O) groups is 2. The van der Waals surface area contributed by atoms with Crippen molar-refractivity contribution in [2.45, 2.75) is 0 Å². The molecule has 0 spiro atoms. The first-order chi connectivity index (χ1) is 11.5. The smallest absolute Gasteiger partial charge is 0.279 e. The number of methoxy groups -OCH3 is 2. The molecule has 6 nitrogen and oxygen atoms in total. The predicted molar refractivity (Wildman–Crippen MR) is 96.2 cm³/mol. The minimum Gasteiger partial charge on any atom is -0.497 e. The topological polar surface area (TPSA) is 76.7 Å². The van der Waals surface area contributed by atoms with Crippen LogP contribution in [0.1, 0.15) is 15.2 Å². The van der Waals surface area contributed by atoms with E-state index in [0.717, 1.165) is 3.79 Å². The van der Waals surface area contributed by atoms with E-state index in [0.29, 0.717) is 21.9 Å². The maximum atomic E-state index is 11.8. The summed E-state index contributed by atoms with van der Waals surface area (Å²) in [6.45, 7) is 0. The lowest BCUT2D eigenvalue weighted by atomic mass is 10.1. The van der Waals surface area contributed by atoms with E-state index in [4.69, 9.17) is 9.47 Å². The summed E-state index contributed by atoms with van der Waals surface area (Å²) in [7, 11) is 3.10. The van der Waals surface area contributed by atoms with Gasteiger partial charge in [0.1, 0.15) is 11.5 Å². The molecule has 2 aromatic rings. The minimum absolute atomic E-state index is 0.380. The van der Waals surface area contributed by atoms with Crippen molar-refractivity contribution in [3.63, 3.8) is 0 Å². The number of benzene rings is 1. The van der Waals surface area contributed by atoms with Gasteiger partial charge in [-0.15, -0.1) is 11.3 Å². The highest BCUT2D eigenvalue weighted by molar-refractivity contribution is 9.11. The van der Waals surface area contributed by atoms with E-state index < -0.39 is 5.91 Å². The van der Waals surface area contributed by atoms with Gasteiger partial charge in [-0.1, -0.05) is 0 Å². The number of hydrogen-bond acceptors (Lipinski definition) is 5. The van der Waals surface area contributed by atoms with Gasteiger partial charge in [0, 0.05) is 17.7 Å². The highest BCUT2D eigenvalue weighted by Gasteiger charge is 2.09. The molecule has 0 bridgehead atoms. The highest BCUT2D eigenvalue weighted by atomic mass is 79.9. The fourth-order valence-electron chi connectivity index (χ4n) is 1.78. The molecule has 1 heterocycles. The standard InChI is InChI=1S/C16H15BrN2O4S/c1-22-11-5-3-10(12(9-11)23-2)4-8-15(20)18-19-16(21)13-6-7-14(17)24-13/h3-9H,1-2H3,(H,18,20)(H,19,21)/b8-4+. The van der Waals surface area contributed by atoms with Crippen molar-refractivity contribution in [1.82, 2.24) is 10.9 Å². The normalized spacial score (nSPS) is 10.5. The van der Waals surface area contributed by atoms with Gasteiger partial charge in [-0.3, -0.25) is 20.4 Å². The fraction of sp³-hybridized carbons (Fsp3) is 0.125. The lowest BCUT2D eigenvalue weighted by Gasteiger charge is -2.07. The van der Waals surface area contributed by atoms with Crippen molar-refractivity contribution in [2.75, 3.05) is 14.2 Å². The third-order valence-corrected chi connectivity index (χ3v) is 4.57.